The zero-order valence-electron chi connectivity index (χ0n) is 11.8. The van der Waals surface area contributed by atoms with Gasteiger partial charge in [0.25, 0.3) is 0 Å². The summed E-state index contributed by atoms with van der Waals surface area (Å²) in [6, 6.07) is 8.30. The van der Waals surface area contributed by atoms with Crippen LogP contribution >= 0.6 is 0 Å². The average molecular weight is 260 g/mol. The van der Waals surface area contributed by atoms with Gasteiger partial charge >= 0.3 is 0 Å². The van der Waals surface area contributed by atoms with Crippen LogP contribution in [0.1, 0.15) is 12.0 Å². The number of benzene rings is 1. The molecule has 1 N–H and O–H groups in total. The molecule has 0 aliphatic carbocycles. The van der Waals surface area contributed by atoms with E-state index in [0.29, 0.717) is 0 Å². The second kappa shape index (κ2) is 5.93. The van der Waals surface area contributed by atoms with Gasteiger partial charge in [0.2, 0.25) is 0 Å². The van der Waals surface area contributed by atoms with Crippen LogP contribution in [0.4, 0.5) is 0 Å². The highest BCUT2D eigenvalue weighted by Crippen LogP contribution is 2.26. The normalized spacial score (nSPS) is 26.6. The van der Waals surface area contributed by atoms with Crippen molar-refractivity contribution in [3.63, 3.8) is 0 Å². The van der Waals surface area contributed by atoms with E-state index in [9.17, 15) is 0 Å². The summed E-state index contributed by atoms with van der Waals surface area (Å²) in [7, 11) is 0. The SMILES string of the molecule is Cc1cccc(OCCCN2C[C@H]3CNC[C@H]3C2)c1. The largest absolute Gasteiger partial charge is 0.494 e. The van der Waals surface area contributed by atoms with Crippen molar-refractivity contribution >= 4 is 0 Å². The lowest BCUT2D eigenvalue weighted by Crippen LogP contribution is -2.27. The Bertz CT molecular complexity index is 409. The number of nitrogens with zero attached hydrogens (tertiary/aromatic N) is 1. The Labute approximate surface area is 115 Å². The molecule has 2 saturated heterocycles. The Morgan fingerprint density at radius 3 is 2.79 bits per heavy atom. The molecule has 2 heterocycles. The van der Waals surface area contributed by atoms with Crippen LogP contribution in [-0.2, 0) is 0 Å². The molecule has 0 spiro atoms. The molecule has 1 aromatic carbocycles. The van der Waals surface area contributed by atoms with Crippen molar-refractivity contribution in [2.45, 2.75) is 13.3 Å². The molecule has 2 fully saturated rings. The minimum absolute atomic E-state index is 0.827. The van der Waals surface area contributed by atoms with Crippen LogP contribution < -0.4 is 10.1 Å². The summed E-state index contributed by atoms with van der Waals surface area (Å²) in [5, 5.41) is 3.49. The molecule has 0 aromatic heterocycles. The summed E-state index contributed by atoms with van der Waals surface area (Å²) < 4.78 is 5.80. The van der Waals surface area contributed by atoms with Gasteiger partial charge in [-0.25, -0.2) is 0 Å². The second-order valence-corrected chi connectivity index (χ2v) is 5.96. The molecule has 0 bridgehead atoms. The maximum absolute atomic E-state index is 5.80. The number of likely N-dealkylation sites (tertiary alicyclic amines) is 1. The molecule has 19 heavy (non-hydrogen) atoms. The quantitative estimate of drug-likeness (QED) is 0.819. The van der Waals surface area contributed by atoms with Crippen molar-refractivity contribution in [3.05, 3.63) is 29.8 Å². The third-order valence-corrected chi connectivity index (χ3v) is 4.34. The van der Waals surface area contributed by atoms with Gasteiger partial charge in [-0.05, 0) is 56.0 Å². The maximum atomic E-state index is 5.80. The Morgan fingerprint density at radius 2 is 2.05 bits per heavy atom. The Morgan fingerprint density at radius 1 is 1.26 bits per heavy atom. The van der Waals surface area contributed by atoms with Gasteiger partial charge < -0.3 is 15.0 Å². The summed E-state index contributed by atoms with van der Waals surface area (Å²) in [5.74, 6) is 2.80. The third kappa shape index (κ3) is 3.28. The van der Waals surface area contributed by atoms with E-state index in [1.807, 2.05) is 6.07 Å². The molecular formula is C16H24N2O. The Balaban J connectivity index is 1.35. The molecule has 1 aromatic rings. The molecule has 2 aliphatic rings. The lowest BCUT2D eigenvalue weighted by atomic mass is 10.0. The smallest absolute Gasteiger partial charge is 0.119 e. The number of aryl methyl sites for hydroxylation is 1. The summed E-state index contributed by atoms with van der Waals surface area (Å²) in [5.41, 5.74) is 1.26. The highest BCUT2D eigenvalue weighted by molar-refractivity contribution is 5.27. The van der Waals surface area contributed by atoms with E-state index in [-0.39, 0.29) is 0 Å². The monoisotopic (exact) mass is 260 g/mol. The van der Waals surface area contributed by atoms with Gasteiger partial charge in [-0.3, -0.25) is 0 Å². The predicted octanol–water partition coefficient (Wildman–Crippen LogP) is 1.92. The van der Waals surface area contributed by atoms with E-state index in [2.05, 4.69) is 35.3 Å². The first kappa shape index (κ1) is 12.9. The lowest BCUT2D eigenvalue weighted by molar-refractivity contribution is 0.254. The van der Waals surface area contributed by atoms with Gasteiger partial charge in [0.05, 0.1) is 6.61 Å². The number of ether oxygens (including phenoxy) is 1. The summed E-state index contributed by atoms with van der Waals surface area (Å²) in [4.78, 5) is 2.61. The van der Waals surface area contributed by atoms with E-state index in [1.165, 1.54) is 38.3 Å². The zero-order valence-corrected chi connectivity index (χ0v) is 11.8. The van der Waals surface area contributed by atoms with E-state index < -0.39 is 0 Å². The van der Waals surface area contributed by atoms with Crippen LogP contribution in [0.25, 0.3) is 0 Å². The number of rotatable bonds is 5. The van der Waals surface area contributed by atoms with Crippen LogP contribution in [0.15, 0.2) is 24.3 Å². The van der Waals surface area contributed by atoms with Crippen LogP contribution in [0.5, 0.6) is 5.75 Å². The van der Waals surface area contributed by atoms with E-state index >= 15 is 0 Å². The number of nitrogens with one attached hydrogen (secondary N) is 1. The van der Waals surface area contributed by atoms with Crippen molar-refractivity contribution in [2.24, 2.45) is 11.8 Å². The first-order valence-electron chi connectivity index (χ1n) is 7.44. The molecule has 0 unspecified atom stereocenters. The van der Waals surface area contributed by atoms with Gasteiger partial charge in [0.1, 0.15) is 5.75 Å². The predicted molar refractivity (Wildman–Crippen MR) is 77.6 cm³/mol. The minimum atomic E-state index is 0.827. The van der Waals surface area contributed by atoms with Crippen LogP contribution in [0.2, 0.25) is 0 Å². The molecule has 104 valence electrons. The van der Waals surface area contributed by atoms with Gasteiger partial charge in [0, 0.05) is 19.6 Å². The summed E-state index contributed by atoms with van der Waals surface area (Å²) in [6.45, 7) is 9.11. The fourth-order valence-corrected chi connectivity index (χ4v) is 3.32. The Hall–Kier alpha value is -1.06. The van der Waals surface area contributed by atoms with Gasteiger partial charge in [0.15, 0.2) is 0 Å². The van der Waals surface area contributed by atoms with Crippen LogP contribution in [0.3, 0.4) is 0 Å². The molecule has 2 aliphatic heterocycles. The zero-order chi connectivity index (χ0) is 13.1. The minimum Gasteiger partial charge on any atom is -0.494 e. The van der Waals surface area contributed by atoms with Gasteiger partial charge in [-0.15, -0.1) is 0 Å². The molecule has 0 radical (unpaired) electrons. The molecule has 3 heteroatoms. The fourth-order valence-electron chi connectivity index (χ4n) is 3.32. The van der Waals surface area contributed by atoms with E-state index in [0.717, 1.165) is 30.6 Å². The standard InChI is InChI=1S/C16H24N2O/c1-13-4-2-5-16(8-13)19-7-3-6-18-11-14-9-17-10-15(14)12-18/h2,4-5,8,14-15,17H,3,6-7,9-12H2,1H3/t14-,15+. The van der Waals surface area contributed by atoms with E-state index in [4.69, 9.17) is 4.74 Å². The molecule has 2 atom stereocenters. The first-order chi connectivity index (χ1) is 9.31. The summed E-state index contributed by atoms with van der Waals surface area (Å²) in [6.07, 6.45) is 1.13. The molecule has 0 saturated carbocycles. The highest BCUT2D eigenvalue weighted by Gasteiger charge is 2.35. The van der Waals surface area contributed by atoms with Gasteiger partial charge in [-0.1, -0.05) is 12.1 Å². The van der Waals surface area contributed by atoms with Crippen LogP contribution in [-0.4, -0.2) is 44.2 Å². The van der Waals surface area contributed by atoms with Crippen molar-refractivity contribution in [2.75, 3.05) is 39.3 Å². The fraction of sp³-hybridized carbons (Fsp3) is 0.625. The third-order valence-electron chi connectivity index (χ3n) is 4.34. The van der Waals surface area contributed by atoms with Crippen molar-refractivity contribution in [1.29, 1.82) is 0 Å². The molecular weight excluding hydrogens is 236 g/mol. The average Bonchev–Trinajstić information content (AvgIpc) is 2.95. The second-order valence-electron chi connectivity index (χ2n) is 5.96. The maximum Gasteiger partial charge on any atom is 0.119 e. The van der Waals surface area contributed by atoms with E-state index in [1.54, 1.807) is 0 Å². The molecule has 0 amide bonds. The summed E-state index contributed by atoms with van der Waals surface area (Å²) >= 11 is 0. The van der Waals surface area contributed by atoms with Gasteiger partial charge in [-0.2, -0.15) is 0 Å². The van der Waals surface area contributed by atoms with Crippen molar-refractivity contribution in [3.8, 4) is 5.75 Å². The van der Waals surface area contributed by atoms with Crippen molar-refractivity contribution < 1.29 is 4.74 Å². The van der Waals surface area contributed by atoms with Crippen molar-refractivity contribution in [1.82, 2.24) is 10.2 Å². The number of hydrogen-bond acceptors (Lipinski definition) is 3. The van der Waals surface area contributed by atoms with Crippen LogP contribution in [0, 0.1) is 18.8 Å². The molecule has 3 rings (SSSR count). The highest BCUT2D eigenvalue weighted by atomic mass is 16.5. The topological polar surface area (TPSA) is 24.5 Å². The number of fused-ring (bicyclic) bond motifs is 1. The molecule has 3 nitrogen and oxygen atoms in total. The Kier molecular flexibility index (Phi) is 4.04. The number of hydrogen-bond donors (Lipinski definition) is 1. The lowest BCUT2D eigenvalue weighted by Gasteiger charge is -2.16. The first-order valence-corrected chi connectivity index (χ1v) is 7.44.